The summed E-state index contributed by atoms with van der Waals surface area (Å²) in [6.45, 7) is 0.326. The molecular formula is C10H6BrClFNOS. The van der Waals surface area contributed by atoms with Gasteiger partial charge in [-0.05, 0) is 28.1 Å². The van der Waals surface area contributed by atoms with E-state index in [1.807, 2.05) is 0 Å². The maximum atomic E-state index is 12.9. The monoisotopic (exact) mass is 321 g/mol. The van der Waals surface area contributed by atoms with Gasteiger partial charge in [-0.2, -0.15) is 0 Å². The van der Waals surface area contributed by atoms with Crippen LogP contribution in [-0.4, -0.2) is 4.98 Å². The van der Waals surface area contributed by atoms with E-state index in [0.29, 0.717) is 21.3 Å². The number of aromatic nitrogens is 1. The van der Waals surface area contributed by atoms with Crippen molar-refractivity contribution in [3.63, 3.8) is 0 Å². The smallest absolute Gasteiger partial charge is 0.183 e. The quantitative estimate of drug-likeness (QED) is 0.841. The van der Waals surface area contributed by atoms with Gasteiger partial charge in [0.1, 0.15) is 18.2 Å². The number of benzene rings is 1. The molecule has 1 heterocycles. The summed E-state index contributed by atoms with van der Waals surface area (Å²) in [6.07, 6.45) is 1.64. The van der Waals surface area contributed by atoms with Crippen LogP contribution < -0.4 is 4.74 Å². The SMILES string of the molecule is Fc1ccc(Br)c(OCc2cnc(Cl)s2)c1. The first-order valence-corrected chi connectivity index (χ1v) is 6.32. The fourth-order valence-corrected chi connectivity index (χ4v) is 2.34. The van der Waals surface area contributed by atoms with Gasteiger partial charge in [0.25, 0.3) is 0 Å². The lowest BCUT2D eigenvalue weighted by Gasteiger charge is -2.06. The minimum Gasteiger partial charge on any atom is -0.487 e. The number of halogens is 3. The molecule has 0 aliphatic rings. The summed E-state index contributed by atoms with van der Waals surface area (Å²) in [7, 11) is 0. The predicted molar refractivity (Wildman–Crippen MR) is 65.6 cm³/mol. The average molecular weight is 323 g/mol. The molecule has 2 rings (SSSR count). The molecule has 0 unspecified atom stereocenters. The first-order chi connectivity index (χ1) is 7.65. The molecule has 0 saturated heterocycles. The molecule has 0 amide bonds. The maximum absolute atomic E-state index is 12.9. The average Bonchev–Trinajstić information content (AvgIpc) is 2.66. The molecule has 0 bridgehead atoms. The summed E-state index contributed by atoms with van der Waals surface area (Å²) in [5.74, 6) is 0.130. The lowest BCUT2D eigenvalue weighted by atomic mass is 10.3. The number of hydrogen-bond acceptors (Lipinski definition) is 3. The highest BCUT2D eigenvalue weighted by Gasteiger charge is 2.05. The number of ether oxygens (including phenoxy) is 1. The lowest BCUT2D eigenvalue weighted by molar-refractivity contribution is 0.306. The molecular weight excluding hydrogens is 317 g/mol. The molecule has 0 aliphatic heterocycles. The van der Waals surface area contributed by atoms with Gasteiger partial charge in [-0.1, -0.05) is 11.6 Å². The van der Waals surface area contributed by atoms with Gasteiger partial charge < -0.3 is 4.74 Å². The highest BCUT2D eigenvalue weighted by atomic mass is 79.9. The first kappa shape index (κ1) is 11.8. The summed E-state index contributed by atoms with van der Waals surface area (Å²) in [5.41, 5.74) is 0. The Hall–Kier alpha value is -0.650. The Labute approximate surface area is 109 Å². The number of nitrogens with zero attached hydrogens (tertiary/aromatic N) is 1. The Morgan fingerprint density at radius 2 is 2.31 bits per heavy atom. The maximum Gasteiger partial charge on any atom is 0.183 e. The summed E-state index contributed by atoms with van der Waals surface area (Å²) in [6, 6.07) is 4.29. The number of thiazole rings is 1. The molecule has 1 aromatic heterocycles. The summed E-state index contributed by atoms with van der Waals surface area (Å²) in [4.78, 5) is 4.78. The zero-order valence-electron chi connectivity index (χ0n) is 7.91. The molecule has 0 spiro atoms. The topological polar surface area (TPSA) is 22.1 Å². The fraction of sp³-hybridized carbons (Fsp3) is 0.100. The van der Waals surface area contributed by atoms with Crippen molar-refractivity contribution in [2.45, 2.75) is 6.61 Å². The second-order valence-electron chi connectivity index (χ2n) is 2.94. The van der Waals surface area contributed by atoms with E-state index in [-0.39, 0.29) is 5.82 Å². The molecule has 0 fully saturated rings. The zero-order chi connectivity index (χ0) is 11.5. The third-order valence-electron chi connectivity index (χ3n) is 1.79. The Kier molecular flexibility index (Phi) is 3.78. The molecule has 1 aromatic carbocycles. The van der Waals surface area contributed by atoms with Crippen molar-refractivity contribution in [3.05, 3.63) is 44.0 Å². The predicted octanol–water partition coefficient (Wildman–Crippen LogP) is 4.28. The zero-order valence-corrected chi connectivity index (χ0v) is 11.1. The number of rotatable bonds is 3. The van der Waals surface area contributed by atoms with Crippen LogP contribution in [0.4, 0.5) is 4.39 Å². The molecule has 0 atom stereocenters. The van der Waals surface area contributed by atoms with Gasteiger partial charge in [0, 0.05) is 12.3 Å². The van der Waals surface area contributed by atoms with Crippen LogP contribution in [0.3, 0.4) is 0 Å². The van der Waals surface area contributed by atoms with Gasteiger partial charge in [-0.15, -0.1) is 11.3 Å². The number of hydrogen-bond donors (Lipinski definition) is 0. The van der Waals surface area contributed by atoms with E-state index in [2.05, 4.69) is 20.9 Å². The largest absolute Gasteiger partial charge is 0.487 e. The van der Waals surface area contributed by atoms with Crippen molar-refractivity contribution in [1.29, 1.82) is 0 Å². The standard InChI is InChI=1S/C10H6BrClFNOS/c11-8-2-1-6(13)3-9(8)15-5-7-4-14-10(12)16-7/h1-4H,5H2. The summed E-state index contributed by atoms with van der Waals surface area (Å²) in [5, 5.41) is 0. The molecule has 6 heteroatoms. The third-order valence-corrected chi connectivity index (χ3v) is 3.53. The Morgan fingerprint density at radius 1 is 1.50 bits per heavy atom. The third kappa shape index (κ3) is 2.93. The Balaban J connectivity index is 2.07. The second kappa shape index (κ2) is 5.12. The van der Waals surface area contributed by atoms with Crippen LogP contribution in [-0.2, 0) is 6.61 Å². The van der Waals surface area contributed by atoms with Gasteiger partial charge in [0.15, 0.2) is 4.47 Å². The van der Waals surface area contributed by atoms with Gasteiger partial charge in [0.2, 0.25) is 0 Å². The second-order valence-corrected chi connectivity index (χ2v) is 5.49. The summed E-state index contributed by atoms with van der Waals surface area (Å²) >= 11 is 10.3. The van der Waals surface area contributed by atoms with Crippen molar-refractivity contribution in [2.75, 3.05) is 0 Å². The van der Waals surface area contributed by atoms with Crippen LogP contribution in [0.2, 0.25) is 4.47 Å². The van der Waals surface area contributed by atoms with Crippen LogP contribution in [0.25, 0.3) is 0 Å². The highest BCUT2D eigenvalue weighted by molar-refractivity contribution is 9.10. The lowest BCUT2D eigenvalue weighted by Crippen LogP contribution is -1.94. The van der Waals surface area contributed by atoms with Crippen molar-refractivity contribution in [3.8, 4) is 5.75 Å². The van der Waals surface area contributed by atoms with E-state index in [0.717, 1.165) is 4.88 Å². The van der Waals surface area contributed by atoms with Crippen LogP contribution >= 0.6 is 38.9 Å². The van der Waals surface area contributed by atoms with Crippen molar-refractivity contribution < 1.29 is 9.13 Å². The van der Waals surface area contributed by atoms with Crippen LogP contribution in [0.5, 0.6) is 5.75 Å². The first-order valence-electron chi connectivity index (χ1n) is 4.33. The fourth-order valence-electron chi connectivity index (χ4n) is 1.09. The molecule has 0 aliphatic carbocycles. The Bertz CT molecular complexity index is 505. The summed E-state index contributed by atoms with van der Waals surface area (Å²) < 4.78 is 19.6. The van der Waals surface area contributed by atoms with Gasteiger partial charge >= 0.3 is 0 Å². The van der Waals surface area contributed by atoms with Crippen LogP contribution in [0, 0.1) is 5.82 Å². The van der Waals surface area contributed by atoms with E-state index >= 15 is 0 Å². The minimum absolute atomic E-state index is 0.326. The van der Waals surface area contributed by atoms with Gasteiger partial charge in [-0.3, -0.25) is 0 Å². The normalized spacial score (nSPS) is 10.4. The van der Waals surface area contributed by atoms with Crippen LogP contribution in [0.15, 0.2) is 28.9 Å². The molecule has 2 aromatic rings. The van der Waals surface area contributed by atoms with E-state index in [9.17, 15) is 4.39 Å². The highest BCUT2D eigenvalue weighted by Crippen LogP contribution is 2.27. The minimum atomic E-state index is -0.333. The van der Waals surface area contributed by atoms with Gasteiger partial charge in [-0.25, -0.2) is 9.37 Å². The van der Waals surface area contributed by atoms with E-state index in [4.69, 9.17) is 16.3 Å². The van der Waals surface area contributed by atoms with Crippen molar-refractivity contribution >= 4 is 38.9 Å². The van der Waals surface area contributed by atoms with Crippen LogP contribution in [0.1, 0.15) is 4.88 Å². The van der Waals surface area contributed by atoms with Crippen molar-refractivity contribution in [2.24, 2.45) is 0 Å². The van der Waals surface area contributed by atoms with Crippen molar-refractivity contribution in [1.82, 2.24) is 4.98 Å². The molecule has 0 saturated carbocycles. The van der Waals surface area contributed by atoms with E-state index < -0.39 is 0 Å². The molecule has 84 valence electrons. The molecule has 0 radical (unpaired) electrons. The Morgan fingerprint density at radius 3 is 3.00 bits per heavy atom. The van der Waals surface area contributed by atoms with E-state index in [1.54, 1.807) is 12.3 Å². The molecule has 16 heavy (non-hydrogen) atoms. The van der Waals surface area contributed by atoms with E-state index in [1.165, 1.54) is 23.5 Å². The molecule has 0 N–H and O–H groups in total. The van der Waals surface area contributed by atoms with Gasteiger partial charge in [0.05, 0.1) is 9.35 Å². The molecule has 2 nitrogen and oxygen atoms in total.